The number of rotatable bonds is 4. The summed E-state index contributed by atoms with van der Waals surface area (Å²) >= 11 is 5.75. The van der Waals surface area contributed by atoms with Gasteiger partial charge in [0.25, 0.3) is 0 Å². The predicted molar refractivity (Wildman–Crippen MR) is 76.1 cm³/mol. The Kier molecular flexibility index (Phi) is 4.51. The highest BCUT2D eigenvalue weighted by molar-refractivity contribution is 7.94. The number of halogens is 1. The summed E-state index contributed by atoms with van der Waals surface area (Å²) in [6.07, 6.45) is -1.03. The zero-order valence-electron chi connectivity index (χ0n) is 12.6. The Hall–Kier alpha value is -1.55. The van der Waals surface area contributed by atoms with Gasteiger partial charge in [0.2, 0.25) is 12.7 Å². The van der Waals surface area contributed by atoms with E-state index >= 15 is 0 Å². The molecule has 23 heavy (non-hydrogen) atoms. The topological polar surface area (TPSA) is 116 Å². The predicted octanol–water partition coefficient (Wildman–Crippen LogP) is 0.0115. The van der Waals surface area contributed by atoms with E-state index in [9.17, 15) is 22.8 Å². The fourth-order valence-corrected chi connectivity index (χ4v) is 5.34. The molecular formula is C12H16ClNO8S. The summed E-state index contributed by atoms with van der Waals surface area (Å²) in [5.41, 5.74) is 0. The van der Waals surface area contributed by atoms with Crippen LogP contribution in [0.1, 0.15) is 20.8 Å². The van der Waals surface area contributed by atoms with Crippen molar-refractivity contribution in [2.24, 2.45) is 0 Å². The van der Waals surface area contributed by atoms with Crippen molar-refractivity contribution in [3.05, 3.63) is 0 Å². The molecule has 2 aliphatic rings. The first-order valence-corrected chi connectivity index (χ1v) is 8.71. The number of β-lactam (4-membered cyclic amide) rings is 1. The third kappa shape index (κ3) is 2.53. The second kappa shape index (κ2) is 5.82. The Balaban J connectivity index is 2.11. The Morgan fingerprint density at radius 1 is 1.26 bits per heavy atom. The normalized spacial score (nSPS) is 30.2. The van der Waals surface area contributed by atoms with Crippen molar-refractivity contribution in [1.29, 1.82) is 0 Å². The molecule has 11 heteroatoms. The van der Waals surface area contributed by atoms with Crippen LogP contribution in [0.2, 0.25) is 0 Å². The summed E-state index contributed by atoms with van der Waals surface area (Å²) in [5.74, 6) is -1.65. The van der Waals surface area contributed by atoms with Crippen LogP contribution >= 0.6 is 11.6 Å². The molecule has 0 radical (unpaired) electrons. The minimum Gasteiger partial charge on any atom is -0.435 e. The van der Waals surface area contributed by atoms with Gasteiger partial charge in [-0.05, 0) is 20.8 Å². The number of carbonyl (C=O) groups is 3. The molecule has 2 rings (SSSR count). The van der Waals surface area contributed by atoms with E-state index in [0.29, 0.717) is 0 Å². The maximum Gasteiger partial charge on any atom is 0.511 e. The second-order valence-electron chi connectivity index (χ2n) is 5.50. The molecule has 0 spiro atoms. The van der Waals surface area contributed by atoms with E-state index in [1.54, 1.807) is 6.92 Å². The van der Waals surface area contributed by atoms with E-state index in [1.807, 2.05) is 0 Å². The smallest absolute Gasteiger partial charge is 0.435 e. The molecule has 0 unspecified atom stereocenters. The van der Waals surface area contributed by atoms with Gasteiger partial charge in [0.05, 0.1) is 6.61 Å². The molecule has 0 bridgehead atoms. The van der Waals surface area contributed by atoms with Crippen molar-refractivity contribution >= 4 is 39.5 Å². The molecule has 2 saturated heterocycles. The number of hydrogen-bond donors (Lipinski definition) is 0. The van der Waals surface area contributed by atoms with Crippen LogP contribution in [-0.2, 0) is 33.6 Å². The third-order valence-electron chi connectivity index (χ3n) is 3.87. The second-order valence-corrected chi connectivity index (χ2v) is 8.59. The van der Waals surface area contributed by atoms with Gasteiger partial charge in [-0.25, -0.2) is 18.0 Å². The van der Waals surface area contributed by atoms with Gasteiger partial charge < -0.3 is 19.1 Å². The van der Waals surface area contributed by atoms with Crippen LogP contribution in [0, 0.1) is 0 Å². The van der Waals surface area contributed by atoms with Crippen molar-refractivity contribution in [2.45, 2.75) is 42.3 Å². The lowest BCUT2D eigenvalue weighted by Gasteiger charge is -2.39. The molecule has 0 aromatic heterocycles. The number of hydrogen-bond acceptors (Lipinski definition) is 8. The molecule has 2 heterocycles. The Morgan fingerprint density at radius 2 is 1.87 bits per heavy atom. The summed E-state index contributed by atoms with van der Waals surface area (Å²) in [6.45, 7) is 3.53. The lowest BCUT2D eigenvalue weighted by atomic mass is 9.98. The minimum atomic E-state index is -3.85. The van der Waals surface area contributed by atoms with Crippen molar-refractivity contribution in [1.82, 2.24) is 4.90 Å². The molecule has 130 valence electrons. The summed E-state index contributed by atoms with van der Waals surface area (Å²) in [4.78, 5) is 35.9. The van der Waals surface area contributed by atoms with Crippen molar-refractivity contribution < 1.29 is 37.0 Å². The van der Waals surface area contributed by atoms with E-state index in [4.69, 9.17) is 16.3 Å². The molecular weight excluding hydrogens is 354 g/mol. The van der Waals surface area contributed by atoms with Crippen LogP contribution in [0.5, 0.6) is 0 Å². The number of carbonyl (C=O) groups excluding carboxylic acids is 3. The van der Waals surface area contributed by atoms with Gasteiger partial charge in [-0.3, -0.25) is 4.79 Å². The van der Waals surface area contributed by atoms with Gasteiger partial charge in [-0.2, -0.15) is 0 Å². The molecule has 0 aromatic rings. The van der Waals surface area contributed by atoms with Crippen LogP contribution in [-0.4, -0.2) is 66.3 Å². The number of amides is 1. The summed E-state index contributed by atoms with van der Waals surface area (Å²) < 4.78 is 37.0. The van der Waals surface area contributed by atoms with Crippen molar-refractivity contribution in [3.63, 3.8) is 0 Å². The highest BCUT2D eigenvalue weighted by atomic mass is 35.5. The number of sulfone groups is 1. The highest BCUT2D eigenvalue weighted by Gasteiger charge is 2.72. The van der Waals surface area contributed by atoms with Crippen LogP contribution in [0.25, 0.3) is 0 Å². The molecule has 2 aliphatic heterocycles. The zero-order valence-corrected chi connectivity index (χ0v) is 14.2. The number of ether oxygens (including phenoxy) is 3. The zero-order chi connectivity index (χ0) is 17.6. The first-order valence-electron chi connectivity index (χ1n) is 6.73. The maximum atomic E-state index is 12.4. The molecule has 0 aliphatic carbocycles. The lowest BCUT2D eigenvalue weighted by molar-refractivity contribution is -0.167. The van der Waals surface area contributed by atoms with Crippen LogP contribution < -0.4 is 0 Å². The van der Waals surface area contributed by atoms with Gasteiger partial charge in [0.15, 0.2) is 15.2 Å². The molecule has 2 fully saturated rings. The van der Waals surface area contributed by atoms with E-state index in [2.05, 4.69) is 9.47 Å². The average molecular weight is 370 g/mol. The quantitative estimate of drug-likeness (QED) is 0.294. The Labute approximate surface area is 137 Å². The molecule has 0 aromatic carbocycles. The number of esters is 1. The van der Waals surface area contributed by atoms with E-state index in [1.165, 1.54) is 13.8 Å². The number of fused-ring (bicyclic) bond motifs is 1. The first kappa shape index (κ1) is 17.8. The third-order valence-corrected chi connectivity index (χ3v) is 7.27. The largest absolute Gasteiger partial charge is 0.511 e. The number of nitrogens with zero attached hydrogens (tertiary/aromatic N) is 1. The average Bonchev–Trinajstić information content (AvgIpc) is 2.60. The molecule has 3 atom stereocenters. The van der Waals surface area contributed by atoms with Crippen LogP contribution in [0.15, 0.2) is 0 Å². The standard InChI is InChI=1S/C12H16ClNO8S/c1-4-20-11(17)22-5-21-10(16)7-12(2,3)23(18,19)9-6(13)8(15)14(7)9/h6-7,9H,4-5H2,1-3H3/t6-,7+,9-/m1/s1. The minimum absolute atomic E-state index is 0.0851. The van der Waals surface area contributed by atoms with Crippen molar-refractivity contribution in [2.75, 3.05) is 13.4 Å². The lowest BCUT2D eigenvalue weighted by Crippen LogP contribution is -2.64. The van der Waals surface area contributed by atoms with Crippen LogP contribution in [0.4, 0.5) is 4.79 Å². The van der Waals surface area contributed by atoms with Gasteiger partial charge >= 0.3 is 12.1 Å². The SMILES string of the molecule is CCOC(=O)OCOC(=O)[C@@H]1N2C(=O)[C@@H](Cl)[C@H]2S(=O)(=O)C1(C)C. The van der Waals surface area contributed by atoms with Gasteiger partial charge in [-0.1, -0.05) is 0 Å². The summed E-state index contributed by atoms with van der Waals surface area (Å²) in [5, 5.41) is -2.47. The monoisotopic (exact) mass is 369 g/mol. The fraction of sp³-hybridized carbons (Fsp3) is 0.750. The van der Waals surface area contributed by atoms with Crippen molar-refractivity contribution in [3.8, 4) is 0 Å². The first-order chi connectivity index (χ1) is 10.6. The molecule has 9 nitrogen and oxygen atoms in total. The Bertz CT molecular complexity index is 645. The van der Waals surface area contributed by atoms with Gasteiger partial charge in [0, 0.05) is 0 Å². The van der Waals surface area contributed by atoms with E-state index in [-0.39, 0.29) is 6.61 Å². The van der Waals surface area contributed by atoms with E-state index in [0.717, 1.165) is 4.90 Å². The van der Waals surface area contributed by atoms with E-state index < -0.39 is 56.2 Å². The highest BCUT2D eigenvalue weighted by Crippen LogP contribution is 2.47. The maximum absolute atomic E-state index is 12.4. The molecule has 0 N–H and O–H groups in total. The fourth-order valence-electron chi connectivity index (χ4n) is 2.60. The molecule has 1 amide bonds. The summed E-state index contributed by atoms with van der Waals surface area (Å²) in [7, 11) is -3.85. The molecule has 0 saturated carbocycles. The van der Waals surface area contributed by atoms with Gasteiger partial charge in [0.1, 0.15) is 16.2 Å². The Morgan fingerprint density at radius 3 is 2.43 bits per heavy atom. The van der Waals surface area contributed by atoms with Crippen LogP contribution in [0.3, 0.4) is 0 Å². The van der Waals surface area contributed by atoms with Gasteiger partial charge in [-0.15, -0.1) is 11.6 Å². The summed E-state index contributed by atoms with van der Waals surface area (Å²) in [6, 6.07) is -1.36. The number of alkyl halides is 1.